The van der Waals surface area contributed by atoms with E-state index in [2.05, 4.69) is 10.3 Å². The second kappa shape index (κ2) is 7.46. The fourth-order valence-corrected chi connectivity index (χ4v) is 4.75. The van der Waals surface area contributed by atoms with Gasteiger partial charge in [-0.3, -0.25) is 9.59 Å². The zero-order chi connectivity index (χ0) is 19.8. The Bertz CT molecular complexity index is 927. The van der Waals surface area contributed by atoms with Crippen molar-refractivity contribution in [2.45, 2.75) is 45.7 Å². The molecule has 4 rings (SSSR count). The van der Waals surface area contributed by atoms with Gasteiger partial charge in [0.25, 0.3) is 5.91 Å². The van der Waals surface area contributed by atoms with Crippen LogP contribution in [0.4, 0.5) is 5.82 Å². The number of nitrogens with zero attached hydrogens (tertiary/aromatic N) is 5. The highest BCUT2D eigenvalue weighted by atomic mass is 32.1. The Kier molecular flexibility index (Phi) is 5.01. The number of hydrogen-bond donors (Lipinski definition) is 1. The highest BCUT2D eigenvalue weighted by molar-refractivity contribution is 7.11. The average molecular weight is 401 g/mol. The highest BCUT2D eigenvalue weighted by Gasteiger charge is 2.35. The smallest absolute Gasteiger partial charge is 0.266 e. The Labute approximate surface area is 168 Å². The van der Waals surface area contributed by atoms with Crippen molar-refractivity contribution in [1.82, 2.24) is 24.8 Å². The molecule has 0 bridgehead atoms. The first kappa shape index (κ1) is 18.8. The lowest BCUT2D eigenvalue weighted by Gasteiger charge is -2.30. The molecule has 8 nitrogen and oxygen atoms in total. The van der Waals surface area contributed by atoms with Crippen LogP contribution in [0.1, 0.15) is 58.3 Å². The van der Waals surface area contributed by atoms with Crippen LogP contribution in [-0.4, -0.2) is 56.7 Å². The van der Waals surface area contributed by atoms with E-state index in [1.54, 1.807) is 17.3 Å². The van der Waals surface area contributed by atoms with Crippen LogP contribution < -0.4 is 5.32 Å². The number of amides is 2. The summed E-state index contributed by atoms with van der Waals surface area (Å²) in [5.74, 6) is 1.51. The normalized spacial score (nSPS) is 18.9. The van der Waals surface area contributed by atoms with Crippen LogP contribution in [0.25, 0.3) is 0 Å². The van der Waals surface area contributed by atoms with E-state index in [-0.39, 0.29) is 17.9 Å². The lowest BCUT2D eigenvalue weighted by atomic mass is 10.0. The van der Waals surface area contributed by atoms with Crippen LogP contribution in [0.2, 0.25) is 0 Å². The molecule has 0 aromatic carbocycles. The molecule has 1 N–H and O–H groups in total. The summed E-state index contributed by atoms with van der Waals surface area (Å²) < 4.78 is 0. The molecule has 9 heteroatoms. The number of carbonyl (C=O) groups is 2. The van der Waals surface area contributed by atoms with E-state index >= 15 is 0 Å². The maximum absolute atomic E-state index is 13.1. The van der Waals surface area contributed by atoms with Gasteiger partial charge in [0.2, 0.25) is 5.91 Å². The van der Waals surface area contributed by atoms with Crippen molar-refractivity contribution in [2.75, 3.05) is 25.5 Å². The SMILES string of the molecule is CNc1nc([C@@H]2CCCN2C(=O)c2scnc2C)nc2c1CCN(C(C)=O)C2. The third kappa shape index (κ3) is 3.23. The van der Waals surface area contributed by atoms with Gasteiger partial charge in [-0.25, -0.2) is 15.0 Å². The molecule has 0 unspecified atom stereocenters. The van der Waals surface area contributed by atoms with Gasteiger partial charge < -0.3 is 15.1 Å². The molecule has 0 radical (unpaired) electrons. The molecule has 4 heterocycles. The predicted molar refractivity (Wildman–Crippen MR) is 106 cm³/mol. The second-order valence-corrected chi connectivity index (χ2v) is 8.07. The van der Waals surface area contributed by atoms with E-state index in [9.17, 15) is 9.59 Å². The molecular weight excluding hydrogens is 376 g/mol. The number of aryl methyl sites for hydroxylation is 1. The Hall–Kier alpha value is -2.55. The van der Waals surface area contributed by atoms with Crippen molar-refractivity contribution in [3.8, 4) is 0 Å². The van der Waals surface area contributed by atoms with Crippen LogP contribution in [0.5, 0.6) is 0 Å². The first-order valence-electron chi connectivity index (χ1n) is 9.53. The molecule has 2 amide bonds. The third-order valence-electron chi connectivity index (χ3n) is 5.52. The highest BCUT2D eigenvalue weighted by Crippen LogP contribution is 2.34. The maximum atomic E-state index is 13.1. The first-order chi connectivity index (χ1) is 13.5. The number of rotatable bonds is 3. The predicted octanol–water partition coefficient (Wildman–Crippen LogP) is 2.17. The molecule has 2 aliphatic rings. The molecule has 0 spiro atoms. The van der Waals surface area contributed by atoms with Gasteiger partial charge in [-0.2, -0.15) is 0 Å². The Morgan fingerprint density at radius 3 is 2.79 bits per heavy atom. The van der Waals surface area contributed by atoms with Gasteiger partial charge in [-0.15, -0.1) is 11.3 Å². The summed E-state index contributed by atoms with van der Waals surface area (Å²) >= 11 is 1.38. The molecule has 1 saturated heterocycles. The minimum atomic E-state index is -0.154. The van der Waals surface area contributed by atoms with E-state index < -0.39 is 0 Å². The van der Waals surface area contributed by atoms with Gasteiger partial charge in [-0.1, -0.05) is 0 Å². The van der Waals surface area contributed by atoms with Crippen LogP contribution in [-0.2, 0) is 17.8 Å². The lowest BCUT2D eigenvalue weighted by Crippen LogP contribution is -2.36. The molecule has 0 aliphatic carbocycles. The number of carbonyl (C=O) groups excluding carboxylic acids is 2. The maximum Gasteiger partial charge on any atom is 0.266 e. The number of fused-ring (bicyclic) bond motifs is 1. The van der Waals surface area contributed by atoms with E-state index in [0.29, 0.717) is 30.3 Å². The Morgan fingerprint density at radius 2 is 2.11 bits per heavy atom. The zero-order valence-electron chi connectivity index (χ0n) is 16.4. The Balaban J connectivity index is 1.68. The van der Waals surface area contributed by atoms with Gasteiger partial charge >= 0.3 is 0 Å². The van der Waals surface area contributed by atoms with Crippen molar-refractivity contribution >= 4 is 29.0 Å². The quantitative estimate of drug-likeness (QED) is 0.849. The van der Waals surface area contributed by atoms with Gasteiger partial charge in [0.1, 0.15) is 10.7 Å². The minimum absolute atomic E-state index is 0.000177. The number of aromatic nitrogens is 3. The molecule has 1 fully saturated rings. The third-order valence-corrected chi connectivity index (χ3v) is 6.43. The van der Waals surface area contributed by atoms with Crippen molar-refractivity contribution in [3.63, 3.8) is 0 Å². The van der Waals surface area contributed by atoms with Crippen LogP contribution in [0.15, 0.2) is 5.51 Å². The fourth-order valence-electron chi connectivity index (χ4n) is 3.99. The van der Waals surface area contributed by atoms with Crippen molar-refractivity contribution < 1.29 is 9.59 Å². The lowest BCUT2D eigenvalue weighted by molar-refractivity contribution is -0.129. The largest absolute Gasteiger partial charge is 0.373 e. The molecule has 2 aromatic heterocycles. The molecule has 2 aromatic rings. The van der Waals surface area contributed by atoms with E-state index in [1.165, 1.54) is 11.3 Å². The number of hydrogen-bond acceptors (Lipinski definition) is 7. The van der Waals surface area contributed by atoms with E-state index in [0.717, 1.165) is 42.0 Å². The van der Waals surface area contributed by atoms with Crippen LogP contribution in [0, 0.1) is 6.92 Å². The summed E-state index contributed by atoms with van der Waals surface area (Å²) in [7, 11) is 1.85. The van der Waals surface area contributed by atoms with E-state index in [1.807, 2.05) is 18.9 Å². The summed E-state index contributed by atoms with van der Waals surface area (Å²) in [6.45, 7) is 5.30. The average Bonchev–Trinajstić information content (AvgIpc) is 3.35. The van der Waals surface area contributed by atoms with Crippen molar-refractivity contribution in [3.05, 3.63) is 33.2 Å². The van der Waals surface area contributed by atoms with Gasteiger partial charge in [0.15, 0.2) is 5.82 Å². The fraction of sp³-hybridized carbons (Fsp3) is 0.526. The zero-order valence-corrected chi connectivity index (χ0v) is 17.2. The molecule has 1 atom stereocenters. The van der Waals surface area contributed by atoms with Gasteiger partial charge in [-0.05, 0) is 26.2 Å². The van der Waals surface area contributed by atoms with E-state index in [4.69, 9.17) is 9.97 Å². The molecule has 0 saturated carbocycles. The minimum Gasteiger partial charge on any atom is -0.373 e. The first-order valence-corrected chi connectivity index (χ1v) is 10.4. The summed E-state index contributed by atoms with van der Waals surface area (Å²) in [5.41, 5.74) is 4.42. The topological polar surface area (TPSA) is 91.3 Å². The number of anilines is 1. The standard InChI is InChI=1S/C19H24N6O2S/c1-11-16(28-10-21-11)19(27)25-7-4-5-15(25)18-22-14-9-24(12(2)26)8-6-13(14)17(20-3)23-18/h10,15H,4-9H2,1-3H3,(H,20,22,23)/t15-/m0/s1. The summed E-state index contributed by atoms with van der Waals surface area (Å²) in [5, 5.41) is 3.18. The van der Waals surface area contributed by atoms with Gasteiger partial charge in [0, 0.05) is 32.6 Å². The van der Waals surface area contributed by atoms with Crippen LogP contribution >= 0.6 is 11.3 Å². The number of thiazole rings is 1. The summed E-state index contributed by atoms with van der Waals surface area (Å²) in [4.78, 5) is 43.0. The van der Waals surface area contributed by atoms with Crippen LogP contribution in [0.3, 0.4) is 0 Å². The van der Waals surface area contributed by atoms with Crippen molar-refractivity contribution in [1.29, 1.82) is 0 Å². The molecule has 2 aliphatic heterocycles. The van der Waals surface area contributed by atoms with Gasteiger partial charge in [0.05, 0.1) is 29.5 Å². The molecule has 28 heavy (non-hydrogen) atoms. The monoisotopic (exact) mass is 400 g/mol. The molecular formula is C19H24N6O2S. The Morgan fingerprint density at radius 1 is 1.29 bits per heavy atom. The summed E-state index contributed by atoms with van der Waals surface area (Å²) in [6.07, 6.45) is 2.49. The summed E-state index contributed by atoms with van der Waals surface area (Å²) in [6, 6.07) is -0.154. The number of nitrogens with one attached hydrogen (secondary N) is 1. The number of likely N-dealkylation sites (tertiary alicyclic amines) is 1. The second-order valence-electron chi connectivity index (χ2n) is 7.22. The molecule has 148 valence electrons. The van der Waals surface area contributed by atoms with Crippen molar-refractivity contribution in [2.24, 2.45) is 0 Å².